The van der Waals surface area contributed by atoms with Crippen molar-refractivity contribution < 1.29 is 14.3 Å². The fourth-order valence-corrected chi connectivity index (χ4v) is 6.47. The number of amides is 2. The molecule has 3 aromatic rings. The van der Waals surface area contributed by atoms with Crippen molar-refractivity contribution in [3.05, 3.63) is 70.4 Å². The zero-order chi connectivity index (χ0) is 24.9. The molecular weight excluding hydrogens is 476 g/mol. The van der Waals surface area contributed by atoms with Gasteiger partial charge >= 0.3 is 0 Å². The lowest BCUT2D eigenvalue weighted by Crippen LogP contribution is -2.67. The highest BCUT2D eigenvalue weighted by molar-refractivity contribution is 6.31. The number of hydrogen-bond donors (Lipinski definition) is 1. The summed E-state index contributed by atoms with van der Waals surface area (Å²) in [6, 6.07) is 15.9. The molecule has 0 bridgehead atoms. The van der Waals surface area contributed by atoms with Crippen molar-refractivity contribution in [3.8, 4) is 0 Å². The van der Waals surface area contributed by atoms with E-state index in [1.165, 1.54) is 0 Å². The number of morpholine rings is 1. The number of aromatic amines is 1. The van der Waals surface area contributed by atoms with Crippen LogP contribution in [0.25, 0.3) is 10.9 Å². The largest absolute Gasteiger partial charge is 0.379 e. The van der Waals surface area contributed by atoms with Gasteiger partial charge in [0.1, 0.15) is 0 Å². The molecule has 0 aliphatic carbocycles. The van der Waals surface area contributed by atoms with Gasteiger partial charge in [-0.3, -0.25) is 14.5 Å². The minimum absolute atomic E-state index is 0.0190. The summed E-state index contributed by atoms with van der Waals surface area (Å²) in [5.41, 5.74) is 2.72. The number of para-hydroxylation sites is 1. The van der Waals surface area contributed by atoms with Gasteiger partial charge in [0, 0.05) is 54.6 Å². The molecule has 2 fully saturated rings. The van der Waals surface area contributed by atoms with E-state index >= 15 is 0 Å². The summed E-state index contributed by atoms with van der Waals surface area (Å²) in [6.07, 6.45) is 0.830. The topological polar surface area (TPSA) is 68.9 Å². The lowest BCUT2D eigenvalue weighted by Gasteiger charge is -2.51. The van der Waals surface area contributed by atoms with Gasteiger partial charge in [0.05, 0.1) is 25.5 Å². The molecular formula is C28H31ClN4O3. The van der Waals surface area contributed by atoms with E-state index in [-0.39, 0.29) is 24.3 Å². The second-order valence-corrected chi connectivity index (χ2v) is 10.6. The van der Waals surface area contributed by atoms with Crippen molar-refractivity contribution in [2.75, 3.05) is 52.5 Å². The molecule has 3 aliphatic heterocycles. The second kappa shape index (κ2) is 9.21. The SMILES string of the molecule is C[C@]12C(=O)N(CCCN3CCOCC3)CC(=O)N1C[C@H](c1ccccc1Cl)c1c2[nH]c2ccccc12. The molecule has 2 aromatic carbocycles. The van der Waals surface area contributed by atoms with Crippen molar-refractivity contribution in [3.63, 3.8) is 0 Å². The summed E-state index contributed by atoms with van der Waals surface area (Å²) in [5, 5.41) is 1.74. The molecule has 36 heavy (non-hydrogen) atoms. The van der Waals surface area contributed by atoms with E-state index < -0.39 is 5.54 Å². The quantitative estimate of drug-likeness (QED) is 0.574. The van der Waals surface area contributed by atoms with Crippen LogP contribution in [0.1, 0.15) is 36.1 Å². The van der Waals surface area contributed by atoms with Crippen molar-refractivity contribution in [1.29, 1.82) is 0 Å². The average molecular weight is 507 g/mol. The van der Waals surface area contributed by atoms with E-state index in [4.69, 9.17) is 16.3 Å². The molecule has 0 spiro atoms. The predicted molar refractivity (Wildman–Crippen MR) is 139 cm³/mol. The molecule has 1 aromatic heterocycles. The maximum Gasteiger partial charge on any atom is 0.254 e. The first-order valence-electron chi connectivity index (χ1n) is 12.7. The Kier molecular flexibility index (Phi) is 6.02. The van der Waals surface area contributed by atoms with Crippen LogP contribution in [0.5, 0.6) is 0 Å². The number of nitrogens with one attached hydrogen (secondary N) is 1. The first kappa shape index (κ1) is 23.5. The fourth-order valence-electron chi connectivity index (χ4n) is 6.20. The van der Waals surface area contributed by atoms with Gasteiger partial charge in [0.15, 0.2) is 5.54 Å². The molecule has 8 heteroatoms. The number of piperazine rings is 1. The smallest absolute Gasteiger partial charge is 0.254 e. The number of halogens is 1. The van der Waals surface area contributed by atoms with Crippen molar-refractivity contribution in [2.24, 2.45) is 0 Å². The number of hydrogen-bond acceptors (Lipinski definition) is 4. The van der Waals surface area contributed by atoms with Crippen molar-refractivity contribution >= 4 is 34.3 Å². The number of nitrogens with zero attached hydrogens (tertiary/aromatic N) is 3. The van der Waals surface area contributed by atoms with Crippen LogP contribution >= 0.6 is 11.6 Å². The molecule has 0 radical (unpaired) electrons. The highest BCUT2D eigenvalue weighted by Gasteiger charge is 2.56. The Hall–Kier alpha value is -2.87. The fraction of sp³-hybridized carbons (Fsp3) is 0.429. The van der Waals surface area contributed by atoms with Gasteiger partial charge in [0.25, 0.3) is 5.91 Å². The average Bonchev–Trinajstić information content (AvgIpc) is 3.29. The van der Waals surface area contributed by atoms with Gasteiger partial charge in [-0.25, -0.2) is 0 Å². The highest BCUT2D eigenvalue weighted by atomic mass is 35.5. The van der Waals surface area contributed by atoms with Crippen LogP contribution in [-0.2, 0) is 19.9 Å². The number of benzene rings is 2. The highest BCUT2D eigenvalue weighted by Crippen LogP contribution is 2.49. The lowest BCUT2D eigenvalue weighted by atomic mass is 9.76. The number of ether oxygens (including phenoxy) is 1. The first-order chi connectivity index (χ1) is 17.5. The maximum absolute atomic E-state index is 14.1. The van der Waals surface area contributed by atoms with Gasteiger partial charge < -0.3 is 19.5 Å². The molecule has 0 saturated carbocycles. The van der Waals surface area contributed by atoms with Crippen molar-refractivity contribution in [1.82, 2.24) is 19.7 Å². The van der Waals surface area contributed by atoms with Crippen LogP contribution in [0.15, 0.2) is 48.5 Å². The minimum atomic E-state index is -1.08. The lowest BCUT2D eigenvalue weighted by molar-refractivity contribution is -0.166. The van der Waals surface area contributed by atoms with Crippen LogP contribution in [0.3, 0.4) is 0 Å². The number of aromatic nitrogens is 1. The van der Waals surface area contributed by atoms with E-state index in [1.807, 2.05) is 49.4 Å². The summed E-state index contributed by atoms with van der Waals surface area (Å²) in [4.78, 5) is 37.1. The third-order valence-corrected chi connectivity index (χ3v) is 8.45. The standard InChI is InChI=1S/C28H31ClN4O3/c1-28-26-25(20-8-3-5-10-23(20)30-26)21(19-7-2-4-9-22(19)29)17-33(28)24(34)18-32(27(28)35)12-6-11-31-13-15-36-16-14-31/h2-5,7-10,21,30H,6,11-18H2,1H3/t21-,28+/m1/s1. The van der Waals surface area contributed by atoms with Crippen LogP contribution in [0.2, 0.25) is 5.02 Å². The van der Waals surface area contributed by atoms with Gasteiger partial charge in [-0.2, -0.15) is 0 Å². The number of H-pyrrole nitrogens is 1. The maximum atomic E-state index is 14.1. The van der Waals surface area contributed by atoms with E-state index in [9.17, 15) is 9.59 Å². The summed E-state index contributed by atoms with van der Waals surface area (Å²) in [5.74, 6) is -0.165. The molecule has 0 unspecified atom stereocenters. The molecule has 7 nitrogen and oxygen atoms in total. The van der Waals surface area contributed by atoms with Crippen LogP contribution in [-0.4, -0.2) is 84.0 Å². The van der Waals surface area contributed by atoms with Gasteiger partial charge in [-0.05, 0) is 36.6 Å². The number of rotatable bonds is 5. The van der Waals surface area contributed by atoms with Crippen LogP contribution < -0.4 is 0 Å². The Bertz CT molecular complexity index is 1320. The molecule has 1 N–H and O–H groups in total. The van der Waals surface area contributed by atoms with E-state index in [2.05, 4.69) is 16.0 Å². The summed E-state index contributed by atoms with van der Waals surface area (Å²) in [7, 11) is 0. The van der Waals surface area contributed by atoms with E-state index in [0.717, 1.165) is 67.0 Å². The van der Waals surface area contributed by atoms with E-state index in [1.54, 1.807) is 9.80 Å². The predicted octanol–water partition coefficient (Wildman–Crippen LogP) is 3.58. The third kappa shape index (κ3) is 3.72. The van der Waals surface area contributed by atoms with Gasteiger partial charge in [-0.1, -0.05) is 48.0 Å². The molecule has 3 aliphatic rings. The summed E-state index contributed by atoms with van der Waals surface area (Å²) >= 11 is 6.66. The van der Waals surface area contributed by atoms with E-state index in [0.29, 0.717) is 18.1 Å². The molecule has 188 valence electrons. The first-order valence-corrected chi connectivity index (χ1v) is 13.1. The second-order valence-electron chi connectivity index (χ2n) is 10.1. The third-order valence-electron chi connectivity index (χ3n) is 8.10. The number of carbonyl (C=O) groups is 2. The van der Waals surface area contributed by atoms with Gasteiger partial charge in [0.2, 0.25) is 5.91 Å². The number of carbonyl (C=O) groups excluding carboxylic acids is 2. The Morgan fingerprint density at radius 2 is 1.81 bits per heavy atom. The number of fused-ring (bicyclic) bond motifs is 5. The van der Waals surface area contributed by atoms with Crippen LogP contribution in [0.4, 0.5) is 0 Å². The molecule has 2 atom stereocenters. The molecule has 2 amide bonds. The Balaban J connectivity index is 1.38. The molecule has 2 saturated heterocycles. The van der Waals surface area contributed by atoms with Crippen LogP contribution in [0, 0.1) is 0 Å². The summed E-state index contributed by atoms with van der Waals surface area (Å²) in [6.45, 7) is 7.24. The monoisotopic (exact) mass is 506 g/mol. The summed E-state index contributed by atoms with van der Waals surface area (Å²) < 4.78 is 5.44. The minimum Gasteiger partial charge on any atom is -0.379 e. The van der Waals surface area contributed by atoms with Crippen molar-refractivity contribution in [2.45, 2.75) is 24.8 Å². The molecule has 4 heterocycles. The Labute approximate surface area is 215 Å². The Morgan fingerprint density at radius 1 is 1.06 bits per heavy atom. The zero-order valence-corrected chi connectivity index (χ0v) is 21.3. The Morgan fingerprint density at radius 3 is 2.61 bits per heavy atom. The normalized spacial score (nSPS) is 24.8. The zero-order valence-electron chi connectivity index (χ0n) is 20.5. The van der Waals surface area contributed by atoms with Gasteiger partial charge in [-0.15, -0.1) is 0 Å². The molecule has 6 rings (SSSR count).